The molecule has 0 bridgehead atoms. The van der Waals surface area contributed by atoms with Gasteiger partial charge in [0.15, 0.2) is 22.8 Å². The predicted molar refractivity (Wildman–Crippen MR) is 131 cm³/mol. The van der Waals surface area contributed by atoms with Gasteiger partial charge in [-0.05, 0) is 24.6 Å². The highest BCUT2D eigenvalue weighted by Crippen LogP contribution is 2.42. The first-order valence-corrected chi connectivity index (χ1v) is 12.1. The van der Waals surface area contributed by atoms with Gasteiger partial charge in [-0.2, -0.15) is 0 Å². The molecule has 9 heteroatoms. The summed E-state index contributed by atoms with van der Waals surface area (Å²) in [5.74, 6) is 1.62. The summed E-state index contributed by atoms with van der Waals surface area (Å²) in [5, 5.41) is 11.8. The lowest BCUT2D eigenvalue weighted by atomic mass is 10.1. The number of carbonyl (C=O) groups is 1. The summed E-state index contributed by atoms with van der Waals surface area (Å²) in [7, 11) is 0. The summed E-state index contributed by atoms with van der Waals surface area (Å²) < 4.78 is 11.0. The standard InChI is InChI=1S/C25H19ClN4O3S/c1-14-6-8-15(9-7-14)12-34-25-28-24(31)22-16-4-2-3-5-19(16)27-23(30(22)29-25)17-10-20-21(11-18(17)26)33-13-32-20/h2-11,23H,12-13H2,1H3,(H,28,29,31). The number of para-hydroxylation sites is 1. The smallest absolute Gasteiger partial charge is 0.276 e. The summed E-state index contributed by atoms with van der Waals surface area (Å²) in [4.78, 5) is 18.2. The Morgan fingerprint density at radius 3 is 2.71 bits per heavy atom. The average molecular weight is 491 g/mol. The fourth-order valence-corrected chi connectivity index (χ4v) is 5.12. The van der Waals surface area contributed by atoms with Crippen molar-refractivity contribution >= 4 is 40.1 Å². The minimum atomic E-state index is -0.632. The van der Waals surface area contributed by atoms with E-state index in [9.17, 15) is 4.79 Å². The molecule has 170 valence electrons. The van der Waals surface area contributed by atoms with Crippen LogP contribution in [0.15, 0.2) is 70.8 Å². The fraction of sp³-hybridized carbons (Fsp3) is 0.160. The second-order valence-corrected chi connectivity index (χ2v) is 9.44. The number of nitrogens with zero attached hydrogens (tertiary/aromatic N) is 3. The Labute approximate surface area is 204 Å². The van der Waals surface area contributed by atoms with Crippen LogP contribution in [0.5, 0.6) is 11.5 Å². The maximum Gasteiger partial charge on any atom is 0.276 e. The molecule has 7 nitrogen and oxygen atoms in total. The molecule has 3 aliphatic rings. The number of fused-ring (bicyclic) bond motifs is 3. The van der Waals surface area contributed by atoms with Crippen molar-refractivity contribution in [1.29, 1.82) is 0 Å². The number of aryl methyl sites for hydroxylation is 1. The van der Waals surface area contributed by atoms with Crippen molar-refractivity contribution in [3.63, 3.8) is 0 Å². The lowest BCUT2D eigenvalue weighted by molar-refractivity contribution is -0.116. The van der Waals surface area contributed by atoms with Gasteiger partial charge in [0.1, 0.15) is 5.70 Å². The molecule has 0 saturated heterocycles. The quantitative estimate of drug-likeness (QED) is 0.608. The molecule has 0 saturated carbocycles. The van der Waals surface area contributed by atoms with Crippen molar-refractivity contribution in [2.75, 3.05) is 6.79 Å². The lowest BCUT2D eigenvalue weighted by Crippen LogP contribution is -2.50. The van der Waals surface area contributed by atoms with Gasteiger partial charge < -0.3 is 9.47 Å². The summed E-state index contributed by atoms with van der Waals surface area (Å²) in [6, 6.07) is 19.4. The highest BCUT2D eigenvalue weighted by molar-refractivity contribution is 8.13. The number of carbonyl (C=O) groups excluding carboxylic acids is 1. The largest absolute Gasteiger partial charge is 0.454 e. The number of thioether (sulfide) groups is 1. The van der Waals surface area contributed by atoms with Crippen molar-refractivity contribution in [3.05, 3.63) is 93.0 Å². The molecule has 6 rings (SSSR count). The number of ether oxygens (including phenoxy) is 2. The number of hydrogen-bond donors (Lipinski definition) is 1. The molecule has 0 radical (unpaired) electrons. The Bertz CT molecular complexity index is 1470. The first-order valence-electron chi connectivity index (χ1n) is 10.7. The second-order valence-electron chi connectivity index (χ2n) is 8.07. The zero-order valence-electron chi connectivity index (χ0n) is 18.1. The van der Waals surface area contributed by atoms with Crippen molar-refractivity contribution in [3.8, 4) is 11.5 Å². The molecular weight excluding hydrogens is 472 g/mol. The van der Waals surface area contributed by atoms with E-state index in [1.54, 1.807) is 11.1 Å². The van der Waals surface area contributed by atoms with Crippen LogP contribution < -0.4 is 25.4 Å². The van der Waals surface area contributed by atoms with Crippen LogP contribution in [0, 0.1) is 6.92 Å². The van der Waals surface area contributed by atoms with Crippen LogP contribution >= 0.6 is 23.4 Å². The average Bonchev–Trinajstić information content (AvgIpc) is 3.29. The van der Waals surface area contributed by atoms with E-state index in [1.807, 2.05) is 30.3 Å². The van der Waals surface area contributed by atoms with Gasteiger partial charge in [-0.3, -0.25) is 15.1 Å². The van der Waals surface area contributed by atoms with E-state index in [0.717, 1.165) is 10.8 Å². The van der Waals surface area contributed by atoms with Crippen LogP contribution in [-0.2, 0) is 10.5 Å². The Hall–Kier alpha value is -3.49. The van der Waals surface area contributed by atoms with Gasteiger partial charge in [-0.1, -0.05) is 71.4 Å². The van der Waals surface area contributed by atoms with Crippen LogP contribution in [0.1, 0.15) is 22.9 Å². The van der Waals surface area contributed by atoms with E-state index in [1.165, 1.54) is 17.3 Å². The van der Waals surface area contributed by atoms with E-state index in [2.05, 4.69) is 36.5 Å². The van der Waals surface area contributed by atoms with E-state index in [4.69, 9.17) is 31.2 Å². The van der Waals surface area contributed by atoms with Gasteiger partial charge in [-0.15, -0.1) is 5.10 Å². The molecule has 0 fully saturated rings. The van der Waals surface area contributed by atoms with Crippen LogP contribution in [0.25, 0.3) is 5.70 Å². The number of amidine groups is 1. The van der Waals surface area contributed by atoms with E-state index < -0.39 is 6.17 Å². The SMILES string of the molecule is Cc1ccc(CSC2=NN3C(=c4ccccc4=NC3c3cc4c(cc3Cl)OCO4)C(=O)N2)cc1. The Balaban J connectivity index is 1.43. The molecule has 3 aromatic carbocycles. The fourth-order valence-electron chi connectivity index (χ4n) is 4.06. The molecule has 1 N–H and O–H groups in total. The third-order valence-electron chi connectivity index (χ3n) is 5.78. The molecule has 0 aromatic heterocycles. The van der Waals surface area contributed by atoms with Crippen molar-refractivity contribution in [2.45, 2.75) is 18.8 Å². The number of nitrogens with one attached hydrogen (secondary N) is 1. The molecule has 34 heavy (non-hydrogen) atoms. The number of benzene rings is 3. The van der Waals surface area contributed by atoms with Crippen molar-refractivity contribution in [2.24, 2.45) is 10.1 Å². The van der Waals surface area contributed by atoms with E-state index in [0.29, 0.717) is 44.1 Å². The number of hydrogen-bond acceptors (Lipinski definition) is 7. The Morgan fingerprint density at radius 1 is 1.12 bits per heavy atom. The number of halogens is 1. The highest BCUT2D eigenvalue weighted by Gasteiger charge is 2.36. The number of rotatable bonds is 3. The summed E-state index contributed by atoms with van der Waals surface area (Å²) >= 11 is 8.10. The van der Waals surface area contributed by atoms with Crippen LogP contribution in [0.4, 0.5) is 0 Å². The third kappa shape index (κ3) is 3.69. The van der Waals surface area contributed by atoms with Gasteiger partial charge >= 0.3 is 0 Å². The molecule has 1 atom stereocenters. The molecule has 0 aliphatic carbocycles. The molecule has 3 heterocycles. The zero-order valence-corrected chi connectivity index (χ0v) is 19.7. The molecule has 1 amide bonds. The van der Waals surface area contributed by atoms with Crippen LogP contribution in [0.2, 0.25) is 5.02 Å². The number of amides is 1. The summed E-state index contributed by atoms with van der Waals surface area (Å²) in [6.45, 7) is 2.19. The molecule has 1 unspecified atom stereocenters. The van der Waals surface area contributed by atoms with Crippen LogP contribution in [0.3, 0.4) is 0 Å². The second kappa shape index (κ2) is 8.38. The lowest BCUT2D eigenvalue weighted by Gasteiger charge is -2.34. The predicted octanol–water partition coefficient (Wildman–Crippen LogP) is 3.45. The van der Waals surface area contributed by atoms with E-state index in [-0.39, 0.29) is 12.7 Å². The first-order chi connectivity index (χ1) is 16.6. The number of hydrazone groups is 1. The Morgan fingerprint density at radius 2 is 1.88 bits per heavy atom. The molecule has 3 aliphatic heterocycles. The summed E-state index contributed by atoms with van der Waals surface area (Å²) in [6.07, 6.45) is -0.632. The van der Waals surface area contributed by atoms with Gasteiger partial charge in [0, 0.05) is 22.6 Å². The normalized spacial score (nSPS) is 18.0. The maximum absolute atomic E-state index is 13.3. The van der Waals surface area contributed by atoms with Crippen molar-refractivity contribution < 1.29 is 14.3 Å². The molecule has 0 spiro atoms. The topological polar surface area (TPSA) is 75.5 Å². The molecule has 3 aromatic rings. The van der Waals surface area contributed by atoms with Crippen molar-refractivity contribution in [1.82, 2.24) is 10.3 Å². The minimum absolute atomic E-state index is 0.140. The van der Waals surface area contributed by atoms with Gasteiger partial charge in [0.2, 0.25) is 6.79 Å². The van der Waals surface area contributed by atoms with E-state index >= 15 is 0 Å². The third-order valence-corrected chi connectivity index (χ3v) is 7.04. The van der Waals surface area contributed by atoms with Gasteiger partial charge in [0.05, 0.1) is 10.4 Å². The summed E-state index contributed by atoms with van der Waals surface area (Å²) in [5.41, 5.74) is 3.46. The highest BCUT2D eigenvalue weighted by atomic mass is 35.5. The first kappa shape index (κ1) is 21.1. The monoisotopic (exact) mass is 490 g/mol. The Kier molecular flexibility index (Phi) is 5.19. The molecular formula is C25H19ClN4O3S. The van der Waals surface area contributed by atoms with Crippen LogP contribution in [-0.4, -0.2) is 22.9 Å². The van der Waals surface area contributed by atoms with Gasteiger partial charge in [0.25, 0.3) is 5.91 Å². The minimum Gasteiger partial charge on any atom is -0.454 e. The zero-order chi connectivity index (χ0) is 23.2. The maximum atomic E-state index is 13.3. The van der Waals surface area contributed by atoms with Gasteiger partial charge in [-0.25, -0.2) is 5.01 Å².